The van der Waals surface area contributed by atoms with Gasteiger partial charge in [-0.25, -0.2) is 25.4 Å². The van der Waals surface area contributed by atoms with Crippen LogP contribution in [0.1, 0.15) is 40.5 Å². The number of anilines is 1. The highest BCUT2D eigenvalue weighted by atomic mass is 32.2. The Hall–Kier alpha value is -2.96. The van der Waals surface area contributed by atoms with Gasteiger partial charge in [0.05, 0.1) is 12.2 Å². The zero-order chi connectivity index (χ0) is 24.1. The standard InChI is InChI=1S/C21H23N3O7S2/c1-4-31-17-10-6-14(12-19(17)32(27,28)23(2)3)22-20(25)13-5-9-16-18(11-13)33(29,30)24(21(16)26)15-7-8-15/h5-6,9-12,15H,4,7-8H2,1-3H3,(H,22,25). The summed E-state index contributed by atoms with van der Waals surface area (Å²) in [5.74, 6) is -1.08. The Morgan fingerprint density at radius 3 is 2.48 bits per heavy atom. The number of sulfonamides is 2. The fraction of sp³-hybridized carbons (Fsp3) is 0.333. The Morgan fingerprint density at radius 2 is 1.88 bits per heavy atom. The van der Waals surface area contributed by atoms with Crippen LogP contribution < -0.4 is 10.1 Å². The van der Waals surface area contributed by atoms with Crippen molar-refractivity contribution in [2.45, 2.75) is 35.6 Å². The minimum atomic E-state index is -4.01. The fourth-order valence-corrected chi connectivity index (χ4v) is 6.41. The van der Waals surface area contributed by atoms with Crippen molar-refractivity contribution in [3.8, 4) is 5.75 Å². The lowest BCUT2D eigenvalue weighted by molar-refractivity contribution is 0.0864. The molecule has 0 bridgehead atoms. The Labute approximate surface area is 192 Å². The molecule has 0 saturated heterocycles. The highest BCUT2D eigenvalue weighted by Crippen LogP contribution is 2.39. The van der Waals surface area contributed by atoms with Gasteiger partial charge in [0.15, 0.2) is 0 Å². The van der Waals surface area contributed by atoms with E-state index < -0.39 is 31.9 Å². The van der Waals surface area contributed by atoms with E-state index in [0.717, 1.165) is 8.61 Å². The van der Waals surface area contributed by atoms with E-state index in [4.69, 9.17) is 4.74 Å². The Kier molecular flexibility index (Phi) is 5.71. The lowest BCUT2D eigenvalue weighted by atomic mass is 10.1. The summed E-state index contributed by atoms with van der Waals surface area (Å²) in [7, 11) is -5.10. The van der Waals surface area contributed by atoms with Crippen LogP contribution in [-0.4, -0.2) is 64.0 Å². The van der Waals surface area contributed by atoms with Crippen LogP contribution in [0, 0.1) is 0 Å². The topological polar surface area (TPSA) is 130 Å². The van der Waals surface area contributed by atoms with E-state index in [-0.39, 0.29) is 45.0 Å². The number of nitrogens with zero attached hydrogens (tertiary/aromatic N) is 2. The van der Waals surface area contributed by atoms with Crippen molar-refractivity contribution in [3.05, 3.63) is 47.5 Å². The summed E-state index contributed by atoms with van der Waals surface area (Å²) in [6.07, 6.45) is 1.25. The molecule has 33 heavy (non-hydrogen) atoms. The Morgan fingerprint density at radius 1 is 1.18 bits per heavy atom. The molecule has 0 radical (unpaired) electrons. The van der Waals surface area contributed by atoms with Crippen LogP contribution in [0.5, 0.6) is 5.75 Å². The number of fused-ring (bicyclic) bond motifs is 1. The molecule has 1 heterocycles. The molecular formula is C21H23N3O7S2. The molecular weight excluding hydrogens is 470 g/mol. The lowest BCUT2D eigenvalue weighted by Crippen LogP contribution is -2.31. The molecule has 0 unspecified atom stereocenters. The lowest BCUT2D eigenvalue weighted by Gasteiger charge is -2.16. The van der Waals surface area contributed by atoms with Gasteiger partial charge in [-0.1, -0.05) is 0 Å². The van der Waals surface area contributed by atoms with Crippen LogP contribution in [0.15, 0.2) is 46.2 Å². The van der Waals surface area contributed by atoms with Crippen molar-refractivity contribution < 1.29 is 31.2 Å². The molecule has 1 aliphatic heterocycles. The number of nitrogens with one attached hydrogen (secondary N) is 1. The molecule has 176 valence electrons. The molecule has 10 nitrogen and oxygen atoms in total. The number of hydrogen-bond donors (Lipinski definition) is 1. The maximum Gasteiger partial charge on any atom is 0.269 e. The van der Waals surface area contributed by atoms with E-state index in [2.05, 4.69) is 5.32 Å². The molecule has 0 aromatic heterocycles. The zero-order valence-electron chi connectivity index (χ0n) is 18.2. The molecule has 2 aromatic carbocycles. The van der Waals surface area contributed by atoms with Gasteiger partial charge < -0.3 is 10.1 Å². The first-order chi connectivity index (χ1) is 15.5. The number of rotatable bonds is 7. The third-order valence-electron chi connectivity index (χ3n) is 5.35. The van der Waals surface area contributed by atoms with Crippen LogP contribution in [-0.2, 0) is 20.0 Å². The number of benzene rings is 2. The summed E-state index contributed by atoms with van der Waals surface area (Å²) in [6.45, 7) is 1.97. The van der Waals surface area contributed by atoms with Gasteiger partial charge in [0, 0.05) is 31.4 Å². The SMILES string of the molecule is CCOc1ccc(NC(=O)c2ccc3c(c2)S(=O)(=O)N(C2CC2)C3=O)cc1S(=O)(=O)N(C)C. The minimum Gasteiger partial charge on any atom is -0.492 e. The Balaban J connectivity index is 1.65. The van der Waals surface area contributed by atoms with E-state index in [1.807, 2.05) is 0 Å². The van der Waals surface area contributed by atoms with E-state index >= 15 is 0 Å². The van der Waals surface area contributed by atoms with Gasteiger partial charge in [0.1, 0.15) is 15.5 Å². The molecule has 2 amide bonds. The molecule has 1 N–H and O–H groups in total. The maximum atomic E-state index is 12.8. The summed E-state index contributed by atoms with van der Waals surface area (Å²) in [4.78, 5) is 25.0. The third-order valence-corrected chi connectivity index (χ3v) is 9.06. The summed E-state index contributed by atoms with van der Waals surface area (Å²) in [5, 5.41) is 2.58. The minimum absolute atomic E-state index is 0.0219. The second-order valence-electron chi connectivity index (χ2n) is 7.88. The van der Waals surface area contributed by atoms with Gasteiger partial charge in [-0.05, 0) is 56.2 Å². The molecule has 2 aliphatic rings. The van der Waals surface area contributed by atoms with Crippen molar-refractivity contribution in [2.75, 3.05) is 26.0 Å². The second-order valence-corrected chi connectivity index (χ2v) is 11.8. The van der Waals surface area contributed by atoms with Crippen molar-refractivity contribution in [1.82, 2.24) is 8.61 Å². The predicted molar refractivity (Wildman–Crippen MR) is 119 cm³/mol. The van der Waals surface area contributed by atoms with Crippen molar-refractivity contribution in [2.24, 2.45) is 0 Å². The largest absolute Gasteiger partial charge is 0.492 e. The molecule has 0 spiro atoms. The average Bonchev–Trinajstić information content (AvgIpc) is 3.56. The zero-order valence-corrected chi connectivity index (χ0v) is 19.9. The molecule has 1 aliphatic carbocycles. The number of carbonyl (C=O) groups is 2. The monoisotopic (exact) mass is 493 g/mol. The van der Waals surface area contributed by atoms with Crippen molar-refractivity contribution in [1.29, 1.82) is 0 Å². The smallest absolute Gasteiger partial charge is 0.269 e. The number of ether oxygens (including phenoxy) is 1. The van der Waals surface area contributed by atoms with Crippen LogP contribution >= 0.6 is 0 Å². The van der Waals surface area contributed by atoms with Gasteiger partial charge in [0.2, 0.25) is 10.0 Å². The van der Waals surface area contributed by atoms with Gasteiger partial charge in [-0.15, -0.1) is 0 Å². The first-order valence-corrected chi connectivity index (χ1v) is 13.1. The molecule has 12 heteroatoms. The van der Waals surface area contributed by atoms with Gasteiger partial charge in [0.25, 0.3) is 21.8 Å². The summed E-state index contributed by atoms with van der Waals surface area (Å²) in [5.41, 5.74) is 0.246. The third kappa shape index (κ3) is 3.98. The molecule has 1 saturated carbocycles. The van der Waals surface area contributed by atoms with E-state index in [1.54, 1.807) is 6.92 Å². The molecule has 4 rings (SSSR count). The summed E-state index contributed by atoms with van der Waals surface area (Å²) >= 11 is 0. The van der Waals surface area contributed by atoms with E-state index in [0.29, 0.717) is 12.8 Å². The molecule has 2 aromatic rings. The van der Waals surface area contributed by atoms with Crippen LogP contribution in [0.25, 0.3) is 0 Å². The van der Waals surface area contributed by atoms with Crippen LogP contribution in [0.3, 0.4) is 0 Å². The van der Waals surface area contributed by atoms with Gasteiger partial charge in [-0.3, -0.25) is 9.59 Å². The quantitative estimate of drug-likeness (QED) is 0.623. The average molecular weight is 494 g/mol. The molecule has 1 fully saturated rings. The van der Waals surface area contributed by atoms with Crippen LogP contribution in [0.4, 0.5) is 5.69 Å². The summed E-state index contributed by atoms with van der Waals surface area (Å²) < 4.78 is 58.3. The highest BCUT2D eigenvalue weighted by Gasteiger charge is 2.48. The first kappa shape index (κ1) is 23.2. The van der Waals surface area contributed by atoms with Crippen molar-refractivity contribution in [3.63, 3.8) is 0 Å². The van der Waals surface area contributed by atoms with E-state index in [9.17, 15) is 26.4 Å². The molecule has 0 atom stereocenters. The second kappa shape index (κ2) is 8.12. The number of amides is 2. The number of hydrogen-bond acceptors (Lipinski definition) is 7. The van der Waals surface area contributed by atoms with Gasteiger partial charge >= 0.3 is 0 Å². The highest BCUT2D eigenvalue weighted by molar-refractivity contribution is 7.90. The first-order valence-electron chi connectivity index (χ1n) is 10.2. The Bertz CT molecular complexity index is 1360. The fourth-order valence-electron chi connectivity index (χ4n) is 3.52. The predicted octanol–water partition coefficient (Wildman–Crippen LogP) is 1.89. The normalized spacial score (nSPS) is 17.2. The van der Waals surface area contributed by atoms with Crippen LogP contribution in [0.2, 0.25) is 0 Å². The van der Waals surface area contributed by atoms with Crippen molar-refractivity contribution >= 4 is 37.5 Å². The van der Waals surface area contributed by atoms with Gasteiger partial charge in [-0.2, -0.15) is 0 Å². The number of carbonyl (C=O) groups excluding carboxylic acids is 2. The van der Waals surface area contributed by atoms with E-state index in [1.165, 1.54) is 50.5 Å². The maximum absolute atomic E-state index is 12.8. The summed E-state index contributed by atoms with van der Waals surface area (Å²) in [6, 6.07) is 7.74.